The molecule has 231 valence electrons. The summed E-state index contributed by atoms with van der Waals surface area (Å²) in [5.41, 5.74) is 0. The van der Waals surface area contributed by atoms with Crippen LogP contribution in [0.5, 0.6) is 0 Å². The zero-order chi connectivity index (χ0) is 31.5. The third kappa shape index (κ3) is 8.35. The van der Waals surface area contributed by atoms with Crippen molar-refractivity contribution in [3.63, 3.8) is 0 Å². The number of thiophene rings is 2. The largest absolute Gasteiger partial charge is 0.460 e. The van der Waals surface area contributed by atoms with Crippen LogP contribution in [-0.2, 0) is 17.1 Å². The Kier molecular flexibility index (Phi) is 12.5. The van der Waals surface area contributed by atoms with Crippen molar-refractivity contribution in [3.8, 4) is 0 Å². The third-order valence-corrected chi connectivity index (χ3v) is 6.34. The average Bonchev–Trinajstić information content (AvgIpc) is 3.52. The van der Waals surface area contributed by atoms with E-state index in [1.807, 2.05) is 0 Å². The predicted octanol–water partition coefficient (Wildman–Crippen LogP) is 6.82. The summed E-state index contributed by atoms with van der Waals surface area (Å²) in [7, 11) is 0. The van der Waals surface area contributed by atoms with Crippen LogP contribution < -0.4 is 0 Å². The number of hydrogen-bond acceptors (Lipinski definition) is 2. The molecular weight excluding hydrogens is 689 g/mol. The minimum Gasteiger partial charge on any atom is -0.276 e. The zero-order valence-electron chi connectivity index (χ0n) is 19.2. The summed E-state index contributed by atoms with van der Waals surface area (Å²) in [4.78, 5) is 36.2. The van der Waals surface area contributed by atoms with Crippen LogP contribution in [-0.4, -0.2) is 78.4 Å². The Balaban J connectivity index is 0.000000762. The van der Waals surface area contributed by atoms with Gasteiger partial charge in [0.2, 0.25) is 0 Å². The molecule has 21 heteroatoms. The fourth-order valence-corrected chi connectivity index (χ4v) is 3.66. The van der Waals surface area contributed by atoms with Crippen LogP contribution in [0.4, 0.5) is 61.5 Å². The first-order valence-electron chi connectivity index (χ1n) is 9.74. The van der Waals surface area contributed by atoms with Crippen molar-refractivity contribution in [2.75, 3.05) is 0 Å². The van der Waals surface area contributed by atoms with Gasteiger partial charge in [0.1, 0.15) is 9.75 Å². The van der Waals surface area contributed by atoms with Gasteiger partial charge in [-0.1, -0.05) is 12.1 Å². The van der Waals surface area contributed by atoms with Gasteiger partial charge in [-0.25, -0.2) is 0 Å². The van der Waals surface area contributed by atoms with Gasteiger partial charge in [-0.15, -0.1) is 22.7 Å². The quantitative estimate of drug-likeness (QED) is 0.0857. The maximum Gasteiger partial charge on any atom is 0.460 e. The molecule has 0 spiro atoms. The molecule has 0 bridgehead atoms. The molecule has 0 aliphatic rings. The van der Waals surface area contributed by atoms with Crippen LogP contribution in [0.2, 0.25) is 0 Å². The fourth-order valence-electron chi connectivity index (χ4n) is 2.32. The van der Waals surface area contributed by atoms with Crippen molar-refractivity contribution in [2.24, 2.45) is 0 Å². The molecule has 41 heavy (non-hydrogen) atoms. The van der Waals surface area contributed by atoms with Crippen molar-refractivity contribution in [2.45, 2.75) is 48.9 Å². The van der Waals surface area contributed by atoms with E-state index in [9.17, 15) is 71.1 Å². The second-order valence-corrected chi connectivity index (χ2v) is 9.28. The van der Waals surface area contributed by atoms with Crippen molar-refractivity contribution in [3.05, 3.63) is 44.8 Å². The summed E-state index contributed by atoms with van der Waals surface area (Å²) in [5.74, 6) is -31.4. The summed E-state index contributed by atoms with van der Waals surface area (Å²) in [6, 6.07) is 5.20. The number of rotatable bonds is 10. The van der Waals surface area contributed by atoms with Gasteiger partial charge in [0.05, 0.1) is 0 Å². The second-order valence-electron chi connectivity index (χ2n) is 7.39. The molecule has 0 fully saturated rings. The van der Waals surface area contributed by atoms with Crippen LogP contribution in [0, 0.1) is 0 Å². The van der Waals surface area contributed by atoms with E-state index in [0.717, 1.165) is 22.7 Å². The topological polar surface area (TPSA) is 85.6 Å². The van der Waals surface area contributed by atoms with Crippen molar-refractivity contribution in [1.82, 2.24) is 0 Å². The van der Waals surface area contributed by atoms with Gasteiger partial charge in [0, 0.05) is 17.1 Å². The SMILES string of the molecule is [Mn].[OH+]=C(CC(=[OH+])C(F)(F)C(F)(F)C(F)(F)F)c1cccs1.[OH+]=C(CC(=[OH+])C(F)(F)C(F)(F)C(F)(F)F)c1cccs1. The molecule has 0 saturated carbocycles. The van der Waals surface area contributed by atoms with E-state index in [2.05, 4.69) is 0 Å². The molecule has 0 saturated heterocycles. The number of alkyl halides is 14. The molecule has 2 aromatic heterocycles. The molecule has 2 heterocycles. The van der Waals surface area contributed by atoms with Crippen LogP contribution in [0.25, 0.3) is 0 Å². The third-order valence-electron chi connectivity index (χ3n) is 4.51. The van der Waals surface area contributed by atoms with Crippen LogP contribution >= 0.6 is 22.7 Å². The van der Waals surface area contributed by atoms with E-state index in [1.165, 1.54) is 35.0 Å². The average molecular weight is 703 g/mol. The van der Waals surface area contributed by atoms with E-state index >= 15 is 0 Å². The van der Waals surface area contributed by atoms with Gasteiger partial charge in [-0.3, -0.25) is 19.2 Å². The molecule has 2 aromatic rings. The molecule has 0 aliphatic heterocycles. The molecule has 4 N–H and O–H groups in total. The van der Waals surface area contributed by atoms with Crippen LogP contribution in [0.1, 0.15) is 22.6 Å². The molecule has 4 nitrogen and oxygen atoms in total. The fraction of sp³-hybridized carbons (Fsp3) is 0.400. The maximum absolute atomic E-state index is 13.0. The summed E-state index contributed by atoms with van der Waals surface area (Å²) < 4.78 is 174. The Morgan fingerprint density at radius 2 is 0.805 bits per heavy atom. The minimum atomic E-state index is -6.54. The number of carbonyl (C=O) groups excluding carboxylic acids is 4. The maximum atomic E-state index is 13.0. The van der Waals surface area contributed by atoms with Crippen molar-refractivity contribution >= 4 is 45.8 Å². The Bertz CT molecular complexity index is 1110. The van der Waals surface area contributed by atoms with Gasteiger partial charge in [-0.05, 0) is 22.9 Å². The first kappa shape index (κ1) is 38.6. The van der Waals surface area contributed by atoms with E-state index < -0.39 is 72.0 Å². The van der Waals surface area contributed by atoms with Gasteiger partial charge in [0.25, 0.3) is 0 Å². The summed E-state index contributed by atoms with van der Waals surface area (Å²) >= 11 is 1.66. The van der Waals surface area contributed by atoms with E-state index in [-0.39, 0.29) is 26.8 Å². The predicted molar refractivity (Wildman–Crippen MR) is 116 cm³/mol. The van der Waals surface area contributed by atoms with Gasteiger partial charge in [0.15, 0.2) is 12.8 Å². The Labute approximate surface area is 237 Å². The van der Waals surface area contributed by atoms with E-state index in [0.29, 0.717) is 0 Å². The summed E-state index contributed by atoms with van der Waals surface area (Å²) in [6.07, 6.45) is -16.1. The summed E-state index contributed by atoms with van der Waals surface area (Å²) in [5, 5.41) is 2.82. The second kappa shape index (κ2) is 13.3. The molecule has 0 aliphatic carbocycles. The smallest absolute Gasteiger partial charge is 0.276 e. The van der Waals surface area contributed by atoms with E-state index in [1.54, 1.807) is 0 Å². The molecule has 0 aromatic carbocycles. The molecule has 0 atom stereocenters. The minimum absolute atomic E-state index is 0. The van der Waals surface area contributed by atoms with E-state index in [4.69, 9.17) is 9.59 Å². The molecule has 0 amide bonds. The Morgan fingerprint density at radius 1 is 0.537 bits per heavy atom. The molecule has 1 radical (unpaired) electrons. The molecular formula is C20H14F14MnO4S2+4. The number of ketones is 4. The first-order chi connectivity index (χ1) is 17.8. The Hall–Kier alpha value is -2.38. The standard InChI is InChI=1S/2C10H5F7O2S.Mn/c2*11-8(12,9(13,14)10(15,16)17)7(19)4-5(18)6-2-1-3-20-6;/h2*1-3H,4H2;/p+4. The first-order valence-corrected chi connectivity index (χ1v) is 11.5. The zero-order valence-corrected chi connectivity index (χ0v) is 22.0. The number of halogens is 14. The summed E-state index contributed by atoms with van der Waals surface area (Å²) in [6.45, 7) is 0. The van der Waals surface area contributed by atoms with Crippen LogP contribution in [0.3, 0.4) is 0 Å². The van der Waals surface area contributed by atoms with Crippen LogP contribution in [0.15, 0.2) is 35.0 Å². The van der Waals surface area contributed by atoms with Gasteiger partial charge in [-0.2, -0.15) is 61.5 Å². The van der Waals surface area contributed by atoms with Crippen molar-refractivity contribution in [1.29, 1.82) is 0 Å². The molecule has 0 unspecified atom stereocenters. The monoisotopic (exact) mass is 703 g/mol. The van der Waals surface area contributed by atoms with Crippen molar-refractivity contribution < 1.29 is 97.7 Å². The van der Waals surface area contributed by atoms with Gasteiger partial charge < -0.3 is 0 Å². The Morgan fingerprint density at radius 3 is 1.00 bits per heavy atom. The normalized spacial score (nSPS) is 13.0. The number of hydrogen-bond donors (Lipinski definition) is 0. The van der Waals surface area contributed by atoms with Gasteiger partial charge >= 0.3 is 59.2 Å². The molecule has 2 rings (SSSR count).